The fraction of sp³-hybridized carbons (Fsp3) is 0.211. The van der Waals surface area contributed by atoms with Crippen LogP contribution in [0.2, 0.25) is 0 Å². The first kappa shape index (κ1) is 18.8. The van der Waals surface area contributed by atoms with E-state index in [-0.39, 0.29) is 11.3 Å². The molecule has 0 saturated heterocycles. The van der Waals surface area contributed by atoms with E-state index in [0.717, 1.165) is 15.9 Å². The average molecular weight is 410 g/mol. The molecule has 148 valence electrons. The largest absolute Gasteiger partial charge is 0.290 e. The number of fused-ring (bicyclic) bond motifs is 2. The van der Waals surface area contributed by atoms with E-state index in [0.29, 0.717) is 22.2 Å². The Bertz CT molecular complexity index is 1300. The van der Waals surface area contributed by atoms with Gasteiger partial charge in [0.25, 0.3) is 17.4 Å². The monoisotopic (exact) mass is 410 g/mol. The third kappa shape index (κ3) is 3.17. The number of nitrogens with zero attached hydrogens (tertiary/aromatic N) is 4. The van der Waals surface area contributed by atoms with E-state index in [1.54, 1.807) is 41.9 Å². The number of carbonyl (C=O) groups excluding carboxylic acids is 2. The summed E-state index contributed by atoms with van der Waals surface area (Å²) in [7, 11) is 1.81. The smallest absolute Gasteiger partial charge is 0.267 e. The van der Waals surface area contributed by atoms with Gasteiger partial charge < -0.3 is 0 Å². The molecule has 2 amide bonds. The van der Waals surface area contributed by atoms with E-state index < -0.39 is 11.8 Å². The van der Waals surface area contributed by atoms with E-state index in [1.807, 2.05) is 14.0 Å². The number of hydrogen-bond donors (Lipinski definition) is 2. The number of rotatable bonds is 3. The Balaban J connectivity index is 1.59. The summed E-state index contributed by atoms with van der Waals surface area (Å²) in [4.78, 5) is 38.9. The van der Waals surface area contributed by atoms with Gasteiger partial charge in [-0.05, 0) is 26.0 Å². The van der Waals surface area contributed by atoms with Crippen LogP contribution in [0.3, 0.4) is 0 Å². The Labute approximate surface area is 168 Å². The van der Waals surface area contributed by atoms with Crippen molar-refractivity contribution in [1.82, 2.24) is 30.4 Å². The number of amides is 2. The number of nitrogens with one attached hydrogen (secondary N) is 2. The molecule has 0 atom stereocenters. The molecule has 10 heteroatoms. The van der Waals surface area contributed by atoms with Gasteiger partial charge in [0.15, 0.2) is 5.69 Å². The normalized spacial score (nSPS) is 11.1. The summed E-state index contributed by atoms with van der Waals surface area (Å²) >= 11 is 1.29. The molecule has 0 saturated carbocycles. The number of hydrazine groups is 1. The first-order valence-electron chi connectivity index (χ1n) is 8.94. The van der Waals surface area contributed by atoms with Crippen LogP contribution >= 0.6 is 11.3 Å². The average Bonchev–Trinajstić information content (AvgIpc) is 3.28. The van der Waals surface area contributed by atoms with Crippen molar-refractivity contribution in [3.05, 3.63) is 57.0 Å². The lowest BCUT2D eigenvalue weighted by molar-refractivity contribution is 0.0846. The second-order valence-corrected chi connectivity index (χ2v) is 7.49. The molecular formula is C19H18N6O3S. The molecular weight excluding hydrogens is 392 g/mol. The zero-order chi connectivity index (χ0) is 20.7. The molecule has 3 aromatic heterocycles. The van der Waals surface area contributed by atoms with Crippen LogP contribution in [0, 0.1) is 6.92 Å². The second kappa shape index (κ2) is 7.13. The van der Waals surface area contributed by atoms with Gasteiger partial charge in [0.1, 0.15) is 4.83 Å². The first-order chi connectivity index (χ1) is 13.9. The number of hydrogen-bond acceptors (Lipinski definition) is 6. The summed E-state index contributed by atoms with van der Waals surface area (Å²) in [6.45, 7) is 3.97. The van der Waals surface area contributed by atoms with Gasteiger partial charge in [-0.25, -0.2) is 4.68 Å². The van der Waals surface area contributed by atoms with Gasteiger partial charge in [0.2, 0.25) is 0 Å². The van der Waals surface area contributed by atoms with E-state index >= 15 is 0 Å². The Morgan fingerprint density at radius 3 is 2.45 bits per heavy atom. The van der Waals surface area contributed by atoms with Crippen molar-refractivity contribution in [1.29, 1.82) is 0 Å². The lowest BCUT2D eigenvalue weighted by Gasteiger charge is -2.10. The summed E-state index contributed by atoms with van der Waals surface area (Å²) in [5, 5.41) is 10.2. The van der Waals surface area contributed by atoms with Gasteiger partial charge in [-0.3, -0.25) is 29.9 Å². The molecule has 2 N–H and O–H groups in total. The highest BCUT2D eigenvalue weighted by Crippen LogP contribution is 2.27. The van der Waals surface area contributed by atoms with Crippen molar-refractivity contribution in [3.63, 3.8) is 0 Å². The number of carbonyl (C=O) groups is 2. The van der Waals surface area contributed by atoms with Crippen LogP contribution < -0.4 is 16.4 Å². The molecule has 0 unspecified atom stereocenters. The van der Waals surface area contributed by atoms with Crippen LogP contribution in [0.1, 0.15) is 32.8 Å². The summed E-state index contributed by atoms with van der Waals surface area (Å²) < 4.78 is 2.94. The zero-order valence-corrected chi connectivity index (χ0v) is 16.8. The zero-order valence-electron chi connectivity index (χ0n) is 16.0. The van der Waals surface area contributed by atoms with Crippen LogP contribution in [0.4, 0.5) is 0 Å². The predicted molar refractivity (Wildman–Crippen MR) is 110 cm³/mol. The van der Waals surface area contributed by atoms with E-state index in [1.165, 1.54) is 16.0 Å². The predicted octanol–water partition coefficient (Wildman–Crippen LogP) is 1.75. The Kier molecular flexibility index (Phi) is 4.63. The maximum absolute atomic E-state index is 12.7. The quantitative estimate of drug-likeness (QED) is 0.500. The van der Waals surface area contributed by atoms with Crippen LogP contribution in [0.15, 0.2) is 35.1 Å². The van der Waals surface area contributed by atoms with Crippen molar-refractivity contribution >= 4 is 44.1 Å². The second-order valence-electron chi connectivity index (χ2n) is 6.46. The van der Waals surface area contributed by atoms with Crippen LogP contribution in [-0.2, 0) is 13.6 Å². The number of thiophene rings is 1. The van der Waals surface area contributed by atoms with Crippen molar-refractivity contribution in [2.24, 2.45) is 7.05 Å². The molecule has 0 radical (unpaired) electrons. The molecule has 0 fully saturated rings. The van der Waals surface area contributed by atoms with Gasteiger partial charge in [-0.2, -0.15) is 10.2 Å². The van der Waals surface area contributed by atoms with Gasteiger partial charge in [-0.1, -0.05) is 18.2 Å². The maximum Gasteiger partial charge on any atom is 0.290 e. The lowest BCUT2D eigenvalue weighted by atomic mass is 10.1. The summed E-state index contributed by atoms with van der Waals surface area (Å²) in [5.74, 6) is -1.04. The number of benzene rings is 1. The highest BCUT2D eigenvalue weighted by Gasteiger charge is 2.19. The van der Waals surface area contributed by atoms with Crippen molar-refractivity contribution < 1.29 is 9.59 Å². The molecule has 1 aromatic carbocycles. The van der Waals surface area contributed by atoms with Gasteiger partial charge in [0.05, 0.1) is 16.0 Å². The SMILES string of the molecule is CCn1nc(C(=O)NNC(=O)c2cc3c(C)nn(C)c3s2)c2ccccc2c1=O. The third-order valence-corrected chi connectivity index (χ3v) is 5.79. The maximum atomic E-state index is 12.7. The summed E-state index contributed by atoms with van der Waals surface area (Å²) in [5.41, 5.74) is 5.45. The fourth-order valence-electron chi connectivity index (χ4n) is 3.17. The number of aromatic nitrogens is 4. The molecule has 0 aliphatic rings. The topological polar surface area (TPSA) is 111 Å². The first-order valence-corrected chi connectivity index (χ1v) is 9.76. The number of aryl methyl sites for hydroxylation is 3. The van der Waals surface area contributed by atoms with Crippen molar-refractivity contribution in [3.8, 4) is 0 Å². The van der Waals surface area contributed by atoms with Crippen LogP contribution in [0.25, 0.3) is 21.0 Å². The molecule has 4 rings (SSSR count). The molecule has 29 heavy (non-hydrogen) atoms. The Morgan fingerprint density at radius 2 is 1.76 bits per heavy atom. The van der Waals surface area contributed by atoms with Crippen molar-refractivity contribution in [2.45, 2.75) is 20.4 Å². The lowest BCUT2D eigenvalue weighted by Crippen LogP contribution is -2.42. The molecule has 0 aliphatic carbocycles. The van der Waals surface area contributed by atoms with Crippen LogP contribution in [0.5, 0.6) is 0 Å². The minimum absolute atomic E-state index is 0.0683. The highest BCUT2D eigenvalue weighted by atomic mass is 32.1. The fourth-order valence-corrected chi connectivity index (χ4v) is 4.19. The van der Waals surface area contributed by atoms with Crippen LogP contribution in [-0.4, -0.2) is 31.4 Å². The molecule has 3 heterocycles. The Morgan fingerprint density at radius 1 is 1.07 bits per heavy atom. The minimum Gasteiger partial charge on any atom is -0.267 e. The highest BCUT2D eigenvalue weighted by molar-refractivity contribution is 7.20. The summed E-state index contributed by atoms with van der Waals surface area (Å²) in [6, 6.07) is 8.50. The standard InChI is InChI=1S/C19H18N6O3S/c1-4-25-18(28)12-8-6-5-7-11(12)15(23-25)17(27)21-20-16(26)14-9-13-10(2)22-24(3)19(13)29-14/h5-9H,4H2,1-3H3,(H,20,26)(H,21,27). The van der Waals surface area contributed by atoms with E-state index in [2.05, 4.69) is 21.0 Å². The van der Waals surface area contributed by atoms with E-state index in [9.17, 15) is 14.4 Å². The molecule has 0 spiro atoms. The Hall–Kier alpha value is -3.53. The van der Waals surface area contributed by atoms with E-state index in [4.69, 9.17) is 0 Å². The minimum atomic E-state index is -0.601. The third-order valence-electron chi connectivity index (χ3n) is 4.59. The molecule has 0 aliphatic heterocycles. The van der Waals surface area contributed by atoms with Gasteiger partial charge >= 0.3 is 0 Å². The molecule has 0 bridgehead atoms. The van der Waals surface area contributed by atoms with Crippen molar-refractivity contribution in [2.75, 3.05) is 0 Å². The van der Waals surface area contributed by atoms with Gasteiger partial charge in [-0.15, -0.1) is 11.3 Å². The summed E-state index contributed by atoms with van der Waals surface area (Å²) in [6.07, 6.45) is 0. The van der Waals surface area contributed by atoms with Gasteiger partial charge in [0, 0.05) is 24.4 Å². The molecule has 9 nitrogen and oxygen atoms in total. The molecule has 4 aromatic rings.